The molecule has 0 fully saturated rings. The minimum absolute atomic E-state index is 0.648. The molecule has 0 radical (unpaired) electrons. The van der Waals surface area contributed by atoms with Crippen molar-refractivity contribution in [2.75, 3.05) is 36.9 Å². The first-order chi connectivity index (χ1) is 9.23. The molecule has 19 heavy (non-hydrogen) atoms. The van der Waals surface area contributed by atoms with Gasteiger partial charge in [0.25, 0.3) is 0 Å². The summed E-state index contributed by atoms with van der Waals surface area (Å²) < 4.78 is 0. The normalized spacial score (nSPS) is 10.8. The van der Waals surface area contributed by atoms with Crippen LogP contribution >= 0.6 is 0 Å². The molecule has 6 heteroatoms. The molecule has 108 valence electrons. The summed E-state index contributed by atoms with van der Waals surface area (Å²) in [7, 11) is 0. The van der Waals surface area contributed by atoms with E-state index in [1.165, 1.54) is 6.42 Å². The van der Waals surface area contributed by atoms with Gasteiger partial charge in [-0.3, -0.25) is 0 Å². The van der Waals surface area contributed by atoms with Gasteiger partial charge in [-0.2, -0.15) is 0 Å². The van der Waals surface area contributed by atoms with Crippen molar-refractivity contribution < 1.29 is 0 Å². The van der Waals surface area contributed by atoms with Crippen molar-refractivity contribution in [3.8, 4) is 0 Å². The molecule has 0 unspecified atom stereocenters. The first kappa shape index (κ1) is 15.7. The number of rotatable bonds is 9. The summed E-state index contributed by atoms with van der Waals surface area (Å²) in [5, 5.41) is 3.33. The highest BCUT2D eigenvalue weighted by Crippen LogP contribution is 2.10. The molecule has 4 N–H and O–H groups in total. The van der Waals surface area contributed by atoms with E-state index in [1.807, 2.05) is 13.0 Å². The summed E-state index contributed by atoms with van der Waals surface area (Å²) in [6, 6.07) is 1.83. The van der Waals surface area contributed by atoms with Crippen LogP contribution in [0.5, 0.6) is 0 Å². The third kappa shape index (κ3) is 5.40. The van der Waals surface area contributed by atoms with Gasteiger partial charge in [-0.05, 0) is 19.5 Å². The zero-order valence-corrected chi connectivity index (χ0v) is 12.2. The molecule has 0 amide bonds. The standard InChI is InChI=1S/C13H26N6/c1-4-8-19(6-3)9-7-15-12-10-13(18-14)17-11(5-2)16-12/h10H,4-9,14H2,1-3H3,(H2,15,16,17,18). The maximum absolute atomic E-state index is 5.40. The van der Waals surface area contributed by atoms with E-state index in [-0.39, 0.29) is 0 Å². The predicted molar refractivity (Wildman–Crippen MR) is 80.1 cm³/mol. The van der Waals surface area contributed by atoms with Crippen LogP contribution in [0, 0.1) is 0 Å². The minimum atomic E-state index is 0.648. The van der Waals surface area contributed by atoms with Crippen LogP contribution in [0.15, 0.2) is 6.07 Å². The zero-order valence-electron chi connectivity index (χ0n) is 12.2. The maximum atomic E-state index is 5.40. The number of likely N-dealkylation sites (N-methyl/N-ethyl adjacent to an activating group) is 1. The number of nitrogen functional groups attached to an aromatic ring is 1. The maximum Gasteiger partial charge on any atom is 0.145 e. The van der Waals surface area contributed by atoms with E-state index in [0.717, 1.165) is 44.2 Å². The van der Waals surface area contributed by atoms with Gasteiger partial charge in [0.1, 0.15) is 17.5 Å². The Balaban J connectivity index is 2.52. The lowest BCUT2D eigenvalue weighted by molar-refractivity contribution is 0.300. The summed E-state index contributed by atoms with van der Waals surface area (Å²) >= 11 is 0. The Morgan fingerprint density at radius 3 is 2.47 bits per heavy atom. The summed E-state index contributed by atoms with van der Waals surface area (Å²) in [6.45, 7) is 10.5. The largest absolute Gasteiger partial charge is 0.369 e. The van der Waals surface area contributed by atoms with Crippen molar-refractivity contribution in [1.82, 2.24) is 14.9 Å². The lowest BCUT2D eigenvalue weighted by Gasteiger charge is -2.19. The second kappa shape index (κ2) is 8.66. The number of nitrogens with one attached hydrogen (secondary N) is 2. The third-order valence-electron chi connectivity index (χ3n) is 2.96. The van der Waals surface area contributed by atoms with Gasteiger partial charge < -0.3 is 15.6 Å². The zero-order chi connectivity index (χ0) is 14.1. The molecular weight excluding hydrogens is 240 g/mol. The summed E-state index contributed by atoms with van der Waals surface area (Å²) in [6.07, 6.45) is 1.98. The van der Waals surface area contributed by atoms with Gasteiger partial charge in [-0.25, -0.2) is 15.8 Å². The first-order valence-corrected chi connectivity index (χ1v) is 7.04. The molecular formula is C13H26N6. The molecule has 1 aromatic rings. The Bertz CT molecular complexity index is 346. The second-order valence-corrected chi connectivity index (χ2v) is 4.41. The van der Waals surface area contributed by atoms with E-state index >= 15 is 0 Å². The fourth-order valence-electron chi connectivity index (χ4n) is 1.91. The van der Waals surface area contributed by atoms with E-state index in [2.05, 4.69) is 39.5 Å². The fraction of sp³-hybridized carbons (Fsp3) is 0.692. The SMILES string of the molecule is CCCN(CC)CCNc1cc(NN)nc(CC)n1. The molecule has 0 atom stereocenters. The molecule has 0 saturated carbocycles. The van der Waals surface area contributed by atoms with Crippen molar-refractivity contribution >= 4 is 11.6 Å². The van der Waals surface area contributed by atoms with Crippen molar-refractivity contribution in [2.24, 2.45) is 5.84 Å². The molecule has 0 aliphatic rings. The molecule has 0 aliphatic carbocycles. The van der Waals surface area contributed by atoms with E-state index in [1.54, 1.807) is 0 Å². The van der Waals surface area contributed by atoms with Crippen LogP contribution in [0.3, 0.4) is 0 Å². The van der Waals surface area contributed by atoms with Crippen LogP contribution in [0.1, 0.15) is 33.0 Å². The number of hydrogen-bond acceptors (Lipinski definition) is 6. The van der Waals surface area contributed by atoms with Crippen LogP contribution in [0.4, 0.5) is 11.6 Å². The average Bonchev–Trinajstić information content (AvgIpc) is 2.45. The molecule has 6 nitrogen and oxygen atoms in total. The molecule has 0 aromatic carbocycles. The monoisotopic (exact) mass is 266 g/mol. The highest BCUT2D eigenvalue weighted by atomic mass is 15.3. The Morgan fingerprint density at radius 1 is 1.16 bits per heavy atom. The van der Waals surface area contributed by atoms with E-state index < -0.39 is 0 Å². The highest BCUT2D eigenvalue weighted by molar-refractivity contribution is 5.46. The minimum Gasteiger partial charge on any atom is -0.369 e. The predicted octanol–water partition coefficient (Wildman–Crippen LogP) is 1.47. The second-order valence-electron chi connectivity index (χ2n) is 4.41. The lowest BCUT2D eigenvalue weighted by atomic mass is 10.4. The molecule has 1 aromatic heterocycles. The number of hydrazine groups is 1. The third-order valence-corrected chi connectivity index (χ3v) is 2.96. The Morgan fingerprint density at radius 2 is 1.89 bits per heavy atom. The first-order valence-electron chi connectivity index (χ1n) is 7.04. The highest BCUT2D eigenvalue weighted by Gasteiger charge is 2.04. The van der Waals surface area contributed by atoms with Crippen molar-refractivity contribution in [1.29, 1.82) is 0 Å². The average molecular weight is 266 g/mol. The van der Waals surface area contributed by atoms with Crippen LogP contribution in [-0.4, -0.2) is 41.0 Å². The van der Waals surface area contributed by atoms with E-state index in [4.69, 9.17) is 5.84 Å². The summed E-state index contributed by atoms with van der Waals surface area (Å²) in [5.74, 6) is 7.67. The van der Waals surface area contributed by atoms with Gasteiger partial charge in [-0.1, -0.05) is 20.8 Å². The molecule has 0 bridgehead atoms. The van der Waals surface area contributed by atoms with E-state index in [9.17, 15) is 0 Å². The smallest absolute Gasteiger partial charge is 0.145 e. The summed E-state index contributed by atoms with van der Waals surface area (Å²) in [5.41, 5.74) is 2.57. The fourth-order valence-corrected chi connectivity index (χ4v) is 1.91. The van der Waals surface area contributed by atoms with Crippen molar-refractivity contribution in [2.45, 2.75) is 33.6 Å². The van der Waals surface area contributed by atoms with Crippen molar-refractivity contribution in [3.05, 3.63) is 11.9 Å². The Labute approximate surface area is 115 Å². The topological polar surface area (TPSA) is 79.1 Å². The number of aryl methyl sites for hydroxylation is 1. The van der Waals surface area contributed by atoms with Gasteiger partial charge >= 0.3 is 0 Å². The van der Waals surface area contributed by atoms with Gasteiger partial charge in [0.15, 0.2) is 0 Å². The van der Waals surface area contributed by atoms with Crippen LogP contribution in [-0.2, 0) is 6.42 Å². The molecule has 1 rings (SSSR count). The lowest BCUT2D eigenvalue weighted by Crippen LogP contribution is -2.29. The van der Waals surface area contributed by atoms with Gasteiger partial charge in [0, 0.05) is 25.6 Å². The number of aromatic nitrogens is 2. The molecule has 0 spiro atoms. The van der Waals surface area contributed by atoms with Gasteiger partial charge in [-0.15, -0.1) is 0 Å². The quantitative estimate of drug-likeness (QED) is 0.464. The molecule has 0 saturated heterocycles. The number of hydrogen-bond donors (Lipinski definition) is 3. The Kier molecular flexibility index (Phi) is 7.14. The molecule has 1 heterocycles. The van der Waals surface area contributed by atoms with Crippen LogP contribution in [0.2, 0.25) is 0 Å². The number of nitrogens with zero attached hydrogens (tertiary/aromatic N) is 3. The number of anilines is 2. The van der Waals surface area contributed by atoms with E-state index in [0.29, 0.717) is 5.82 Å². The van der Waals surface area contributed by atoms with Crippen LogP contribution in [0.25, 0.3) is 0 Å². The van der Waals surface area contributed by atoms with Crippen LogP contribution < -0.4 is 16.6 Å². The molecule has 0 aliphatic heterocycles. The number of nitrogens with two attached hydrogens (primary N) is 1. The Hall–Kier alpha value is -1.40. The van der Waals surface area contributed by atoms with Gasteiger partial charge in [0.2, 0.25) is 0 Å². The van der Waals surface area contributed by atoms with Crippen molar-refractivity contribution in [3.63, 3.8) is 0 Å². The summed E-state index contributed by atoms with van der Waals surface area (Å²) in [4.78, 5) is 11.1. The van der Waals surface area contributed by atoms with Gasteiger partial charge in [0.05, 0.1) is 0 Å².